The van der Waals surface area contributed by atoms with Crippen LogP contribution in [0, 0.1) is 0 Å². The molecule has 0 aliphatic heterocycles. The molecule has 1 N–H and O–H groups in total. The molecular weight excluding hydrogens is 472 g/mol. The van der Waals surface area contributed by atoms with Crippen molar-refractivity contribution in [3.8, 4) is 0 Å². The molecule has 5 heteroatoms. The Kier molecular flexibility index (Phi) is 15.8. The maximum atomic E-state index is 11.8. The number of hydrogen-bond acceptors (Lipinski definition) is 2. The zero-order valence-electron chi connectivity index (χ0n) is 19.9. The molecule has 0 fully saturated rings. The predicted molar refractivity (Wildman–Crippen MR) is 137 cm³/mol. The number of unbranched alkanes of at least 4 members (excludes halogenated alkanes) is 14. The summed E-state index contributed by atoms with van der Waals surface area (Å²) in [5.74, 6) is 0. The summed E-state index contributed by atoms with van der Waals surface area (Å²) < 4.78 is 33.6. The first-order valence-corrected chi connectivity index (χ1v) is 14.9. The summed E-state index contributed by atoms with van der Waals surface area (Å²) in [6.45, 7) is 4.49. The highest BCUT2D eigenvalue weighted by molar-refractivity contribution is 9.10. The molecule has 0 amide bonds. The van der Waals surface area contributed by atoms with Crippen LogP contribution in [0.25, 0.3) is 0 Å². The van der Waals surface area contributed by atoms with Crippen molar-refractivity contribution >= 4 is 26.0 Å². The summed E-state index contributed by atoms with van der Waals surface area (Å²) in [5, 5.41) is 0. The molecule has 0 aliphatic rings. The van der Waals surface area contributed by atoms with Gasteiger partial charge < -0.3 is 0 Å². The number of hydrogen-bond donors (Lipinski definition) is 1. The van der Waals surface area contributed by atoms with Crippen LogP contribution in [0.1, 0.15) is 128 Å². The average Bonchev–Trinajstić information content (AvgIpc) is 2.72. The van der Waals surface area contributed by atoms with Crippen molar-refractivity contribution < 1.29 is 13.0 Å². The first-order chi connectivity index (χ1) is 14.9. The van der Waals surface area contributed by atoms with Crippen LogP contribution in [-0.2, 0) is 23.0 Å². The summed E-state index contributed by atoms with van der Waals surface area (Å²) >= 11 is 3.50. The fourth-order valence-electron chi connectivity index (χ4n) is 4.23. The Morgan fingerprint density at radius 1 is 0.677 bits per heavy atom. The van der Waals surface area contributed by atoms with E-state index in [0.29, 0.717) is 4.47 Å². The highest BCUT2D eigenvalue weighted by Crippen LogP contribution is 2.31. The van der Waals surface area contributed by atoms with E-state index in [1.54, 1.807) is 6.07 Å². The summed E-state index contributed by atoms with van der Waals surface area (Å²) in [5.41, 5.74) is 2.30. The Morgan fingerprint density at radius 3 is 1.55 bits per heavy atom. The van der Waals surface area contributed by atoms with Gasteiger partial charge >= 0.3 is 0 Å². The van der Waals surface area contributed by atoms with E-state index < -0.39 is 10.1 Å². The van der Waals surface area contributed by atoms with Gasteiger partial charge in [0.15, 0.2) is 0 Å². The highest BCUT2D eigenvalue weighted by atomic mass is 79.9. The molecule has 0 heterocycles. The normalized spacial score (nSPS) is 11.9. The van der Waals surface area contributed by atoms with Crippen LogP contribution in [0.2, 0.25) is 0 Å². The van der Waals surface area contributed by atoms with Gasteiger partial charge in [-0.3, -0.25) is 4.55 Å². The quantitative estimate of drug-likeness (QED) is 0.147. The molecule has 0 unspecified atom stereocenters. The molecule has 0 spiro atoms. The summed E-state index contributed by atoms with van der Waals surface area (Å²) in [6.07, 6.45) is 22.1. The van der Waals surface area contributed by atoms with Crippen LogP contribution in [-0.4, -0.2) is 13.0 Å². The van der Waals surface area contributed by atoms with Gasteiger partial charge in [-0.25, -0.2) is 0 Å². The van der Waals surface area contributed by atoms with Crippen molar-refractivity contribution in [2.75, 3.05) is 0 Å². The fourth-order valence-corrected chi connectivity index (χ4v) is 6.02. The third-order valence-electron chi connectivity index (χ3n) is 6.16. The highest BCUT2D eigenvalue weighted by Gasteiger charge is 2.19. The Hall–Kier alpha value is -0.390. The molecule has 0 radical (unpaired) electrons. The third-order valence-corrected chi connectivity index (χ3v) is 8.23. The van der Waals surface area contributed by atoms with Crippen molar-refractivity contribution in [1.82, 2.24) is 0 Å². The van der Waals surface area contributed by atoms with Crippen LogP contribution < -0.4 is 0 Å². The van der Waals surface area contributed by atoms with E-state index in [1.165, 1.54) is 95.5 Å². The van der Waals surface area contributed by atoms with Crippen molar-refractivity contribution in [1.29, 1.82) is 0 Å². The van der Waals surface area contributed by atoms with Gasteiger partial charge in [-0.05, 0) is 58.8 Å². The van der Waals surface area contributed by atoms with Gasteiger partial charge in [-0.1, -0.05) is 110 Å². The van der Waals surface area contributed by atoms with Crippen LogP contribution in [0.4, 0.5) is 0 Å². The molecule has 0 aliphatic carbocycles. The van der Waals surface area contributed by atoms with Gasteiger partial charge in [0.1, 0.15) is 4.90 Å². The molecule has 0 saturated carbocycles. The minimum Gasteiger partial charge on any atom is -0.282 e. The molecule has 0 atom stereocenters. The van der Waals surface area contributed by atoms with E-state index in [4.69, 9.17) is 0 Å². The van der Waals surface area contributed by atoms with Crippen molar-refractivity contribution in [3.05, 3.63) is 27.7 Å². The molecule has 3 nitrogen and oxygen atoms in total. The van der Waals surface area contributed by atoms with Crippen LogP contribution in [0.5, 0.6) is 0 Å². The molecule has 0 saturated heterocycles. The number of rotatable bonds is 19. The lowest BCUT2D eigenvalue weighted by atomic mass is 9.96. The topological polar surface area (TPSA) is 54.4 Å². The Balaban J connectivity index is 2.57. The number of benzene rings is 1. The molecular formula is C26H45BrO3S. The lowest BCUT2D eigenvalue weighted by molar-refractivity contribution is 0.482. The van der Waals surface area contributed by atoms with E-state index in [2.05, 4.69) is 29.8 Å². The largest absolute Gasteiger partial charge is 0.295 e. The lowest BCUT2D eigenvalue weighted by Gasteiger charge is -2.15. The first-order valence-electron chi connectivity index (χ1n) is 12.7. The SMILES string of the molecule is CCCCCCCCCCc1ccc(S(=O)(=O)O)c(Br)c1CCCCCCCCCC. The standard InChI is InChI=1S/C26H45BrO3S/c1-3-5-7-9-11-13-15-17-19-23-21-22-25(31(28,29)30)26(27)24(23)20-18-16-14-12-10-8-6-4-2/h21-22H,3-20H2,1-2H3,(H,28,29,30). The lowest BCUT2D eigenvalue weighted by Crippen LogP contribution is -2.05. The minimum atomic E-state index is -4.21. The summed E-state index contributed by atoms with van der Waals surface area (Å²) in [7, 11) is -4.21. The molecule has 0 aromatic heterocycles. The summed E-state index contributed by atoms with van der Waals surface area (Å²) in [4.78, 5) is 0.00161. The van der Waals surface area contributed by atoms with Gasteiger partial charge in [0.25, 0.3) is 10.1 Å². The number of halogens is 1. The maximum Gasteiger partial charge on any atom is 0.295 e. The Bertz CT molecular complexity index is 701. The molecule has 180 valence electrons. The maximum absolute atomic E-state index is 11.8. The second-order valence-electron chi connectivity index (χ2n) is 8.94. The van der Waals surface area contributed by atoms with E-state index >= 15 is 0 Å². The monoisotopic (exact) mass is 516 g/mol. The van der Waals surface area contributed by atoms with E-state index in [1.807, 2.05) is 6.07 Å². The van der Waals surface area contributed by atoms with Crippen molar-refractivity contribution in [2.24, 2.45) is 0 Å². The molecule has 1 rings (SSSR count). The van der Waals surface area contributed by atoms with E-state index in [9.17, 15) is 13.0 Å². The fraction of sp³-hybridized carbons (Fsp3) is 0.769. The molecule has 1 aromatic carbocycles. The smallest absolute Gasteiger partial charge is 0.282 e. The van der Waals surface area contributed by atoms with Crippen LogP contribution >= 0.6 is 15.9 Å². The van der Waals surface area contributed by atoms with Gasteiger partial charge in [-0.15, -0.1) is 0 Å². The van der Waals surface area contributed by atoms with Gasteiger partial charge in [0, 0.05) is 4.47 Å². The predicted octanol–water partition coefficient (Wildman–Crippen LogP) is 9.06. The van der Waals surface area contributed by atoms with Crippen molar-refractivity contribution in [3.63, 3.8) is 0 Å². The first kappa shape index (κ1) is 28.6. The Morgan fingerprint density at radius 2 is 1.10 bits per heavy atom. The second kappa shape index (κ2) is 17.1. The van der Waals surface area contributed by atoms with Crippen LogP contribution in [0.3, 0.4) is 0 Å². The van der Waals surface area contributed by atoms with E-state index in [0.717, 1.165) is 31.2 Å². The summed E-state index contributed by atoms with van der Waals surface area (Å²) in [6, 6.07) is 3.46. The molecule has 31 heavy (non-hydrogen) atoms. The molecule has 0 bridgehead atoms. The van der Waals surface area contributed by atoms with Crippen LogP contribution in [0.15, 0.2) is 21.5 Å². The average molecular weight is 518 g/mol. The zero-order valence-corrected chi connectivity index (χ0v) is 22.3. The van der Waals surface area contributed by atoms with Crippen molar-refractivity contribution in [2.45, 2.75) is 134 Å². The van der Waals surface area contributed by atoms with E-state index in [-0.39, 0.29) is 4.90 Å². The second-order valence-corrected chi connectivity index (χ2v) is 11.1. The van der Waals surface area contributed by atoms with Gasteiger partial charge in [-0.2, -0.15) is 8.42 Å². The van der Waals surface area contributed by atoms with Gasteiger partial charge in [0.2, 0.25) is 0 Å². The Labute approximate surface area is 200 Å². The molecule has 1 aromatic rings. The zero-order chi connectivity index (χ0) is 23.0. The van der Waals surface area contributed by atoms with Gasteiger partial charge in [0.05, 0.1) is 0 Å². The minimum absolute atomic E-state index is 0.00161. The third kappa shape index (κ3) is 12.4. The number of aryl methyl sites for hydroxylation is 1.